The lowest BCUT2D eigenvalue weighted by atomic mass is 9.81. The normalized spacial score (nSPS) is 22.8. The van der Waals surface area contributed by atoms with Crippen molar-refractivity contribution in [1.82, 2.24) is 8.61 Å². The highest BCUT2D eigenvalue weighted by molar-refractivity contribution is 7.89. The molecule has 5 rings (SSSR count). The van der Waals surface area contributed by atoms with E-state index in [4.69, 9.17) is 0 Å². The fraction of sp³-hybridized carbons (Fsp3) is 0.429. The van der Waals surface area contributed by atoms with Gasteiger partial charge in [0, 0.05) is 38.0 Å². The zero-order valence-corrected chi connectivity index (χ0v) is 23.4. The predicted molar refractivity (Wildman–Crippen MR) is 142 cm³/mol. The highest BCUT2D eigenvalue weighted by atomic mass is 32.2. The number of sulfonamides is 2. The summed E-state index contributed by atoms with van der Waals surface area (Å²) in [4.78, 5) is 0.781. The molecule has 0 bridgehead atoms. The molecule has 2 saturated heterocycles. The molecule has 0 spiro atoms. The summed E-state index contributed by atoms with van der Waals surface area (Å²) in [6.45, 7) is 12.8. The zero-order chi connectivity index (χ0) is 26.2. The van der Waals surface area contributed by atoms with Gasteiger partial charge in [-0.3, -0.25) is 0 Å². The fourth-order valence-electron chi connectivity index (χ4n) is 6.55. The Morgan fingerprint density at radius 1 is 0.583 bits per heavy atom. The molecule has 3 aliphatic rings. The van der Waals surface area contributed by atoms with Crippen LogP contribution >= 0.6 is 0 Å². The molecule has 1 aliphatic carbocycles. The van der Waals surface area contributed by atoms with Gasteiger partial charge >= 0.3 is 0 Å². The summed E-state index contributed by atoms with van der Waals surface area (Å²) in [5.74, 6) is -0.0162. The van der Waals surface area contributed by atoms with Gasteiger partial charge in [-0.1, -0.05) is 47.5 Å². The van der Waals surface area contributed by atoms with Gasteiger partial charge in [-0.15, -0.1) is 0 Å². The minimum absolute atomic E-state index is 0.00810. The van der Waals surface area contributed by atoms with E-state index in [1.165, 1.54) is 0 Å². The Hall–Kier alpha value is -2.26. The van der Waals surface area contributed by atoms with Crippen molar-refractivity contribution in [2.75, 3.05) is 26.2 Å². The second-order valence-electron chi connectivity index (χ2n) is 10.7. The van der Waals surface area contributed by atoms with E-state index in [2.05, 4.69) is 0 Å². The van der Waals surface area contributed by atoms with E-state index >= 15 is 0 Å². The van der Waals surface area contributed by atoms with Gasteiger partial charge in [-0.2, -0.15) is 8.61 Å². The average molecular weight is 527 g/mol. The molecular weight excluding hydrogens is 492 g/mol. The molecule has 2 heterocycles. The van der Waals surface area contributed by atoms with Crippen LogP contribution in [-0.2, 0) is 20.0 Å². The van der Waals surface area contributed by atoms with Crippen molar-refractivity contribution in [3.8, 4) is 0 Å². The van der Waals surface area contributed by atoms with Crippen molar-refractivity contribution in [2.45, 2.75) is 51.3 Å². The van der Waals surface area contributed by atoms with E-state index in [-0.39, 0.29) is 11.8 Å². The summed E-state index contributed by atoms with van der Waals surface area (Å²) in [7, 11) is -7.33. The van der Waals surface area contributed by atoms with Gasteiger partial charge in [0.1, 0.15) is 0 Å². The molecular formula is C28H34N2O4S2. The SMILES string of the molecule is Cc1cc(C)c(S(=O)(=O)N2CC3=CC=C4CN(S(=O)(=O)c5c(C)cc(C)cc5C)C[C@@H]4[C@H]3C2)c(C)c1. The lowest BCUT2D eigenvalue weighted by Gasteiger charge is -2.24. The van der Waals surface area contributed by atoms with Crippen LogP contribution in [-0.4, -0.2) is 51.6 Å². The maximum Gasteiger partial charge on any atom is 0.243 e. The first-order chi connectivity index (χ1) is 16.8. The summed E-state index contributed by atoms with van der Waals surface area (Å²) < 4.78 is 58.0. The van der Waals surface area contributed by atoms with Crippen molar-refractivity contribution in [1.29, 1.82) is 0 Å². The van der Waals surface area contributed by atoms with Gasteiger partial charge in [0.05, 0.1) is 9.79 Å². The number of benzene rings is 2. The molecule has 36 heavy (non-hydrogen) atoms. The standard InChI is InChI=1S/C28H34N2O4S2/c1-17-9-19(3)27(20(4)10-17)35(31,32)29-13-23-7-8-24-14-30(16-26(24)25(23)15-29)36(33,34)28-21(5)11-18(2)12-22(28)6/h7-12,25-26H,13-16H2,1-6H3/t25-,26-/m0/s1. The Morgan fingerprint density at radius 2 is 0.889 bits per heavy atom. The second-order valence-corrected chi connectivity index (χ2v) is 14.5. The van der Waals surface area contributed by atoms with Gasteiger partial charge in [0.25, 0.3) is 0 Å². The summed E-state index contributed by atoms with van der Waals surface area (Å²) in [6.07, 6.45) is 4.03. The third kappa shape index (κ3) is 3.99. The van der Waals surface area contributed by atoms with Crippen LogP contribution < -0.4 is 0 Å². The Labute approximate surface area is 215 Å². The summed E-state index contributed by atoms with van der Waals surface area (Å²) in [5.41, 5.74) is 7.26. The maximum atomic E-state index is 13.7. The third-order valence-corrected chi connectivity index (χ3v) is 12.1. The van der Waals surface area contributed by atoms with Crippen molar-refractivity contribution < 1.29 is 16.8 Å². The molecule has 2 aromatic carbocycles. The molecule has 6 nitrogen and oxygen atoms in total. The van der Waals surface area contributed by atoms with E-state index in [1.54, 1.807) is 8.61 Å². The fourth-order valence-corrected chi connectivity index (χ4v) is 10.3. The zero-order valence-electron chi connectivity index (χ0n) is 21.8. The molecule has 8 heteroatoms. The molecule has 2 fully saturated rings. The Kier molecular flexibility index (Phi) is 6.10. The molecule has 0 radical (unpaired) electrons. The first-order valence-corrected chi connectivity index (χ1v) is 15.2. The van der Waals surface area contributed by atoms with Gasteiger partial charge < -0.3 is 0 Å². The molecule has 192 valence electrons. The number of allylic oxidation sites excluding steroid dienone is 2. The van der Waals surface area contributed by atoms with E-state index in [0.717, 1.165) is 44.5 Å². The predicted octanol–water partition coefficient (Wildman–Crippen LogP) is 4.34. The number of hydrogen-bond acceptors (Lipinski definition) is 4. The van der Waals surface area contributed by atoms with Gasteiger partial charge in [-0.05, 0) is 74.9 Å². The summed E-state index contributed by atoms with van der Waals surface area (Å²) in [6, 6.07) is 7.65. The highest BCUT2D eigenvalue weighted by Gasteiger charge is 2.47. The van der Waals surface area contributed by atoms with Crippen molar-refractivity contribution in [3.05, 3.63) is 80.9 Å². The quantitative estimate of drug-likeness (QED) is 0.594. The van der Waals surface area contributed by atoms with Crippen LogP contribution in [0.4, 0.5) is 0 Å². The molecule has 2 aromatic rings. The van der Waals surface area contributed by atoms with Crippen LogP contribution in [0, 0.1) is 53.4 Å². The molecule has 0 N–H and O–H groups in total. The molecule has 0 aromatic heterocycles. The second kappa shape index (κ2) is 8.65. The number of hydrogen-bond donors (Lipinski definition) is 0. The number of nitrogens with zero attached hydrogens (tertiary/aromatic N) is 2. The first-order valence-electron chi connectivity index (χ1n) is 12.4. The van der Waals surface area contributed by atoms with E-state index < -0.39 is 20.0 Å². The minimum atomic E-state index is -3.67. The molecule has 2 aliphatic heterocycles. The molecule has 0 amide bonds. The van der Waals surface area contributed by atoms with Crippen molar-refractivity contribution in [2.24, 2.45) is 11.8 Å². The third-order valence-electron chi connectivity index (χ3n) is 7.87. The Morgan fingerprint density at radius 3 is 1.19 bits per heavy atom. The van der Waals surface area contributed by atoms with Gasteiger partial charge in [-0.25, -0.2) is 16.8 Å². The lowest BCUT2D eigenvalue weighted by Crippen LogP contribution is -2.33. The van der Waals surface area contributed by atoms with E-state index in [9.17, 15) is 16.8 Å². The minimum Gasteiger partial charge on any atom is -0.207 e. The largest absolute Gasteiger partial charge is 0.243 e. The molecule has 0 saturated carbocycles. The number of fused-ring (bicyclic) bond motifs is 3. The average Bonchev–Trinajstić information content (AvgIpc) is 3.36. The topological polar surface area (TPSA) is 74.8 Å². The van der Waals surface area contributed by atoms with Crippen molar-refractivity contribution >= 4 is 20.0 Å². The first kappa shape index (κ1) is 25.4. The van der Waals surface area contributed by atoms with Crippen LogP contribution in [0.3, 0.4) is 0 Å². The highest BCUT2D eigenvalue weighted by Crippen LogP contribution is 2.44. The smallest absolute Gasteiger partial charge is 0.207 e. The van der Waals surface area contributed by atoms with Crippen LogP contribution in [0.1, 0.15) is 33.4 Å². The maximum absolute atomic E-state index is 13.7. The number of aryl methyl sites for hydroxylation is 6. The van der Waals surface area contributed by atoms with Crippen LogP contribution in [0.25, 0.3) is 0 Å². The van der Waals surface area contributed by atoms with Gasteiger partial charge in [0.2, 0.25) is 20.0 Å². The summed E-state index contributed by atoms with van der Waals surface area (Å²) >= 11 is 0. The molecule has 2 atom stereocenters. The summed E-state index contributed by atoms with van der Waals surface area (Å²) in [5, 5.41) is 0. The lowest BCUT2D eigenvalue weighted by molar-refractivity contribution is 0.384. The van der Waals surface area contributed by atoms with Crippen LogP contribution in [0.2, 0.25) is 0 Å². The monoisotopic (exact) mass is 526 g/mol. The Balaban J connectivity index is 1.42. The number of rotatable bonds is 4. The van der Waals surface area contributed by atoms with Crippen LogP contribution in [0.5, 0.6) is 0 Å². The van der Waals surface area contributed by atoms with E-state index in [1.807, 2.05) is 78.0 Å². The Bertz CT molecular complexity index is 1390. The van der Waals surface area contributed by atoms with E-state index in [0.29, 0.717) is 36.0 Å². The van der Waals surface area contributed by atoms with Gasteiger partial charge in [0.15, 0.2) is 0 Å². The molecule has 0 unspecified atom stereocenters. The van der Waals surface area contributed by atoms with Crippen molar-refractivity contribution in [3.63, 3.8) is 0 Å². The van der Waals surface area contributed by atoms with Crippen LogP contribution in [0.15, 0.2) is 57.4 Å².